The summed E-state index contributed by atoms with van der Waals surface area (Å²) in [5.74, 6) is -1.99. The SMILES string of the molecule is CNC(=O)c1nc(C)c(C(=O)NC[C@@H](C)C(=O)N[C@@]2(Cc3cccnc3)C(=O)N3CCCN3Cc3ccccc32)s1. The lowest BCUT2D eigenvalue weighted by Gasteiger charge is -2.38. The number of carbonyl (C=O) groups excluding carboxylic acids is 4. The molecule has 4 heterocycles. The molecule has 1 aromatic carbocycles. The predicted octanol–water partition coefficient (Wildman–Crippen LogP) is 1.79. The third-order valence-corrected chi connectivity index (χ3v) is 8.68. The first-order valence-corrected chi connectivity index (χ1v) is 14.4. The Bertz CT molecular complexity index is 1480. The van der Waals surface area contributed by atoms with Crippen LogP contribution in [0.25, 0.3) is 0 Å². The molecule has 0 spiro atoms. The van der Waals surface area contributed by atoms with Crippen molar-refractivity contribution in [1.82, 2.24) is 35.9 Å². The van der Waals surface area contributed by atoms with Gasteiger partial charge in [-0.3, -0.25) is 29.2 Å². The molecule has 0 aliphatic carbocycles. The maximum Gasteiger partial charge on any atom is 0.280 e. The summed E-state index contributed by atoms with van der Waals surface area (Å²) in [6, 6.07) is 11.5. The van der Waals surface area contributed by atoms with Gasteiger partial charge in [-0.1, -0.05) is 37.3 Å². The highest BCUT2D eigenvalue weighted by molar-refractivity contribution is 7.15. The molecule has 1 saturated heterocycles. The van der Waals surface area contributed by atoms with Crippen LogP contribution in [0.15, 0.2) is 48.8 Å². The van der Waals surface area contributed by atoms with Crippen molar-refractivity contribution in [2.24, 2.45) is 5.92 Å². The Hall–Kier alpha value is -4.16. The van der Waals surface area contributed by atoms with E-state index < -0.39 is 17.4 Å². The second-order valence-corrected chi connectivity index (χ2v) is 11.4. The highest BCUT2D eigenvalue weighted by Gasteiger charge is 2.50. The van der Waals surface area contributed by atoms with Gasteiger partial charge in [0.15, 0.2) is 10.5 Å². The van der Waals surface area contributed by atoms with E-state index in [2.05, 4.69) is 25.9 Å². The van der Waals surface area contributed by atoms with Crippen LogP contribution in [-0.2, 0) is 28.1 Å². The topological polar surface area (TPSA) is 137 Å². The Labute approximate surface area is 242 Å². The van der Waals surface area contributed by atoms with E-state index in [4.69, 9.17) is 0 Å². The van der Waals surface area contributed by atoms with Gasteiger partial charge in [0.2, 0.25) is 5.91 Å². The van der Waals surface area contributed by atoms with Crippen LogP contribution < -0.4 is 16.0 Å². The fourth-order valence-corrected chi connectivity index (χ4v) is 6.30. The van der Waals surface area contributed by atoms with E-state index in [0.717, 1.165) is 41.0 Å². The standard InChI is InChI=1S/C29H33N7O4S/c1-18(15-32-25(38)23-19(2)33-27(41-23)26(39)30-3)24(37)34-29(14-20-8-6-11-31-16-20)22-10-5-4-9-21(22)17-35-12-7-13-36(35)28(29)40/h4-6,8-11,16,18H,7,12-15,17H2,1-3H3,(H,30,39)(H,32,38)(H,34,37)/t18-,29-/m1/s1. The average molecular weight is 576 g/mol. The number of hydrogen-bond acceptors (Lipinski definition) is 8. The monoisotopic (exact) mass is 575 g/mol. The van der Waals surface area contributed by atoms with Crippen LogP contribution >= 0.6 is 11.3 Å². The molecule has 0 bridgehead atoms. The van der Waals surface area contributed by atoms with Crippen LogP contribution in [0.1, 0.15) is 55.2 Å². The molecule has 5 rings (SSSR count). The van der Waals surface area contributed by atoms with Crippen LogP contribution in [0, 0.1) is 12.8 Å². The van der Waals surface area contributed by atoms with Crippen LogP contribution in [-0.4, -0.2) is 70.3 Å². The number of nitrogens with zero attached hydrogens (tertiary/aromatic N) is 4. The third kappa shape index (κ3) is 5.57. The molecule has 0 radical (unpaired) electrons. The number of hydrazine groups is 1. The summed E-state index contributed by atoms with van der Waals surface area (Å²) in [5, 5.41) is 12.4. The Morgan fingerprint density at radius 3 is 2.68 bits per heavy atom. The maximum atomic E-state index is 14.4. The fraction of sp³-hybridized carbons (Fsp3) is 0.379. The van der Waals surface area contributed by atoms with E-state index in [9.17, 15) is 19.2 Å². The van der Waals surface area contributed by atoms with Gasteiger partial charge >= 0.3 is 0 Å². The van der Waals surface area contributed by atoms with Crippen molar-refractivity contribution in [3.63, 3.8) is 0 Å². The molecule has 2 atom stereocenters. The van der Waals surface area contributed by atoms with Crippen molar-refractivity contribution in [1.29, 1.82) is 0 Å². The summed E-state index contributed by atoms with van der Waals surface area (Å²) in [6.07, 6.45) is 4.47. The van der Waals surface area contributed by atoms with Gasteiger partial charge in [0.1, 0.15) is 4.88 Å². The van der Waals surface area contributed by atoms with Crippen molar-refractivity contribution in [2.75, 3.05) is 26.7 Å². The van der Waals surface area contributed by atoms with Gasteiger partial charge in [-0.05, 0) is 36.1 Å². The van der Waals surface area contributed by atoms with Crippen molar-refractivity contribution in [2.45, 2.75) is 38.8 Å². The summed E-state index contributed by atoms with van der Waals surface area (Å²) in [5.41, 5.74) is 1.63. The van der Waals surface area contributed by atoms with Crippen LogP contribution in [0.3, 0.4) is 0 Å². The van der Waals surface area contributed by atoms with E-state index in [-0.39, 0.29) is 35.7 Å². The molecule has 3 aromatic rings. The second-order valence-electron chi connectivity index (χ2n) is 10.4. The number of aryl methyl sites for hydroxylation is 1. The summed E-state index contributed by atoms with van der Waals surface area (Å²) in [6.45, 7) is 5.31. The number of aromatic nitrogens is 2. The molecule has 41 heavy (non-hydrogen) atoms. The minimum Gasteiger partial charge on any atom is -0.353 e. The van der Waals surface area contributed by atoms with Crippen molar-refractivity contribution >= 4 is 35.0 Å². The molecular formula is C29H33N7O4S. The fourth-order valence-electron chi connectivity index (χ4n) is 5.37. The van der Waals surface area contributed by atoms with E-state index in [1.54, 1.807) is 31.3 Å². The highest BCUT2D eigenvalue weighted by Crippen LogP contribution is 2.37. The van der Waals surface area contributed by atoms with Gasteiger partial charge < -0.3 is 16.0 Å². The quantitative estimate of drug-likeness (QED) is 0.373. The summed E-state index contributed by atoms with van der Waals surface area (Å²) in [7, 11) is 1.50. The van der Waals surface area contributed by atoms with E-state index in [0.29, 0.717) is 23.7 Å². The molecule has 0 saturated carbocycles. The van der Waals surface area contributed by atoms with Crippen molar-refractivity contribution < 1.29 is 19.2 Å². The normalized spacial score (nSPS) is 19.1. The summed E-state index contributed by atoms with van der Waals surface area (Å²) in [4.78, 5) is 61.8. The Morgan fingerprint density at radius 1 is 1.12 bits per heavy atom. The Kier molecular flexibility index (Phi) is 8.13. The van der Waals surface area contributed by atoms with E-state index in [1.165, 1.54) is 7.05 Å². The zero-order valence-electron chi connectivity index (χ0n) is 23.3. The number of benzene rings is 1. The molecule has 11 nitrogen and oxygen atoms in total. The molecule has 2 aliphatic heterocycles. The Morgan fingerprint density at radius 2 is 1.93 bits per heavy atom. The minimum atomic E-state index is -1.36. The van der Waals surface area contributed by atoms with Crippen LogP contribution in [0.5, 0.6) is 0 Å². The molecule has 2 aromatic heterocycles. The molecular weight excluding hydrogens is 542 g/mol. The van der Waals surface area contributed by atoms with E-state index >= 15 is 0 Å². The lowest BCUT2D eigenvalue weighted by atomic mass is 9.80. The lowest BCUT2D eigenvalue weighted by molar-refractivity contribution is -0.153. The van der Waals surface area contributed by atoms with Crippen molar-refractivity contribution in [3.05, 3.63) is 81.1 Å². The Balaban J connectivity index is 1.41. The predicted molar refractivity (Wildman–Crippen MR) is 153 cm³/mol. The van der Waals surface area contributed by atoms with E-state index in [1.807, 2.05) is 41.4 Å². The first kappa shape index (κ1) is 28.4. The first-order chi connectivity index (χ1) is 19.7. The lowest BCUT2D eigenvalue weighted by Crippen LogP contribution is -2.60. The number of rotatable bonds is 8. The number of nitrogens with one attached hydrogen (secondary N) is 3. The zero-order chi connectivity index (χ0) is 29.1. The highest BCUT2D eigenvalue weighted by atomic mass is 32.1. The van der Waals surface area contributed by atoms with Gasteiger partial charge in [-0.25, -0.2) is 9.99 Å². The molecule has 1 fully saturated rings. The first-order valence-electron chi connectivity index (χ1n) is 13.6. The maximum absolute atomic E-state index is 14.4. The molecule has 0 unspecified atom stereocenters. The second kappa shape index (κ2) is 11.8. The number of amides is 4. The number of carbonyl (C=O) groups is 4. The zero-order valence-corrected chi connectivity index (χ0v) is 24.1. The average Bonchev–Trinajstić information content (AvgIpc) is 3.59. The number of pyridine rings is 1. The number of hydrogen-bond donors (Lipinski definition) is 3. The third-order valence-electron chi connectivity index (χ3n) is 7.53. The number of thiazole rings is 1. The molecule has 4 amide bonds. The molecule has 2 aliphatic rings. The van der Waals surface area contributed by atoms with Gasteiger partial charge in [-0.2, -0.15) is 0 Å². The van der Waals surface area contributed by atoms with Gasteiger partial charge in [0, 0.05) is 52.0 Å². The summed E-state index contributed by atoms with van der Waals surface area (Å²) < 4.78 is 0. The summed E-state index contributed by atoms with van der Waals surface area (Å²) >= 11 is 0.997. The van der Waals surface area contributed by atoms with Crippen molar-refractivity contribution in [3.8, 4) is 0 Å². The molecule has 3 N–H and O–H groups in total. The smallest absolute Gasteiger partial charge is 0.280 e. The van der Waals surface area contributed by atoms with Crippen LogP contribution in [0.4, 0.5) is 0 Å². The molecule has 12 heteroatoms. The molecule has 214 valence electrons. The van der Waals surface area contributed by atoms with Crippen LogP contribution in [0.2, 0.25) is 0 Å². The number of fused-ring (bicyclic) bond motifs is 2. The largest absolute Gasteiger partial charge is 0.353 e. The van der Waals surface area contributed by atoms with Gasteiger partial charge in [0.05, 0.1) is 11.6 Å². The minimum absolute atomic E-state index is 0.0337. The van der Waals surface area contributed by atoms with Gasteiger partial charge in [0.25, 0.3) is 17.7 Å². The van der Waals surface area contributed by atoms with Gasteiger partial charge in [-0.15, -0.1) is 11.3 Å².